The van der Waals surface area contributed by atoms with Crippen LogP contribution in [0.5, 0.6) is 0 Å². The molecule has 0 aromatic carbocycles. The van der Waals surface area contributed by atoms with Crippen LogP contribution in [-0.4, -0.2) is 79.9 Å². The fourth-order valence-electron chi connectivity index (χ4n) is 3.65. The Balaban J connectivity index is 1.90. The van der Waals surface area contributed by atoms with Crippen molar-refractivity contribution in [2.24, 2.45) is 5.92 Å². The largest absolute Gasteiger partial charge is 0.373 e. The topological polar surface area (TPSA) is 53.1 Å². The van der Waals surface area contributed by atoms with Gasteiger partial charge in [0.05, 0.1) is 12.2 Å². The number of rotatable bonds is 6. The molecule has 2 aliphatic heterocycles. The summed E-state index contributed by atoms with van der Waals surface area (Å²) in [6.45, 7) is 13.7. The number of ether oxygens (including phenoxy) is 1. The summed E-state index contributed by atoms with van der Waals surface area (Å²) < 4.78 is 34.7. The maximum Gasteiger partial charge on any atom is 0.282 e. The summed E-state index contributed by atoms with van der Waals surface area (Å²) in [5, 5.41) is 0. The Morgan fingerprint density at radius 1 is 1.00 bits per heavy atom. The third-order valence-corrected chi connectivity index (χ3v) is 6.99. The lowest BCUT2D eigenvalue weighted by atomic mass is 9.97. The Kier molecular flexibility index (Phi) is 6.86. The van der Waals surface area contributed by atoms with Gasteiger partial charge in [0.1, 0.15) is 0 Å². The first-order valence-corrected chi connectivity index (χ1v) is 10.4. The molecule has 0 spiro atoms. The summed E-state index contributed by atoms with van der Waals surface area (Å²) in [5.74, 6) is 0.615. The van der Waals surface area contributed by atoms with Crippen LogP contribution in [0.15, 0.2) is 0 Å². The molecule has 2 fully saturated rings. The first-order chi connectivity index (χ1) is 10.9. The van der Waals surface area contributed by atoms with E-state index in [0.29, 0.717) is 32.1 Å². The van der Waals surface area contributed by atoms with Crippen LogP contribution in [-0.2, 0) is 14.9 Å². The average Bonchev–Trinajstić information content (AvgIpc) is 2.52. The first kappa shape index (κ1) is 19.1. The molecule has 2 saturated heterocycles. The highest BCUT2D eigenvalue weighted by Gasteiger charge is 2.37. The van der Waals surface area contributed by atoms with Gasteiger partial charge in [0.2, 0.25) is 0 Å². The van der Waals surface area contributed by atoms with E-state index in [-0.39, 0.29) is 12.2 Å². The highest BCUT2D eigenvalue weighted by atomic mass is 32.2. The van der Waals surface area contributed by atoms with Crippen molar-refractivity contribution in [2.75, 3.05) is 45.8 Å². The van der Waals surface area contributed by atoms with Crippen molar-refractivity contribution >= 4 is 10.2 Å². The minimum absolute atomic E-state index is 0.0336. The van der Waals surface area contributed by atoms with Crippen LogP contribution in [0.4, 0.5) is 0 Å². The molecule has 0 aromatic rings. The van der Waals surface area contributed by atoms with Gasteiger partial charge in [0.25, 0.3) is 10.2 Å². The molecule has 0 N–H and O–H groups in total. The van der Waals surface area contributed by atoms with Gasteiger partial charge in [-0.2, -0.15) is 17.0 Å². The lowest BCUT2D eigenvalue weighted by Crippen LogP contribution is -2.54. The van der Waals surface area contributed by atoms with Crippen molar-refractivity contribution in [1.82, 2.24) is 13.5 Å². The van der Waals surface area contributed by atoms with Gasteiger partial charge >= 0.3 is 0 Å². The van der Waals surface area contributed by atoms with E-state index in [2.05, 4.69) is 18.7 Å². The molecule has 136 valence electrons. The van der Waals surface area contributed by atoms with Crippen molar-refractivity contribution in [3.63, 3.8) is 0 Å². The molecule has 0 bridgehead atoms. The fourth-order valence-corrected chi connectivity index (χ4v) is 5.45. The molecule has 0 amide bonds. The monoisotopic (exact) mass is 347 g/mol. The van der Waals surface area contributed by atoms with E-state index in [4.69, 9.17) is 4.74 Å². The number of piperidine rings is 1. The predicted octanol–water partition coefficient (Wildman–Crippen LogP) is 1.39. The van der Waals surface area contributed by atoms with Gasteiger partial charge in [0, 0.05) is 32.7 Å². The molecule has 0 aliphatic carbocycles. The number of hydrogen-bond acceptors (Lipinski definition) is 4. The van der Waals surface area contributed by atoms with E-state index >= 15 is 0 Å². The van der Waals surface area contributed by atoms with Crippen molar-refractivity contribution in [3.8, 4) is 0 Å². The summed E-state index contributed by atoms with van der Waals surface area (Å²) in [6, 6.07) is 0. The van der Waals surface area contributed by atoms with E-state index in [0.717, 1.165) is 32.5 Å². The number of morpholine rings is 1. The molecular weight excluding hydrogens is 314 g/mol. The number of hydrogen-bond donors (Lipinski definition) is 0. The molecule has 0 radical (unpaired) electrons. The summed E-state index contributed by atoms with van der Waals surface area (Å²) in [6.07, 6.45) is 1.86. The molecule has 2 atom stereocenters. The predicted molar refractivity (Wildman–Crippen MR) is 92.6 cm³/mol. The lowest BCUT2D eigenvalue weighted by molar-refractivity contribution is -0.0457. The Morgan fingerprint density at radius 2 is 1.52 bits per heavy atom. The van der Waals surface area contributed by atoms with Crippen LogP contribution < -0.4 is 0 Å². The summed E-state index contributed by atoms with van der Waals surface area (Å²) in [5.41, 5.74) is 0. The fraction of sp³-hybridized carbons (Fsp3) is 1.00. The quantitative estimate of drug-likeness (QED) is 0.729. The maximum atomic E-state index is 12.9. The van der Waals surface area contributed by atoms with Crippen molar-refractivity contribution in [3.05, 3.63) is 0 Å². The molecule has 2 rings (SSSR count). The van der Waals surface area contributed by atoms with Crippen molar-refractivity contribution < 1.29 is 13.2 Å². The third-order valence-electron chi connectivity index (χ3n) is 5.02. The first-order valence-electron chi connectivity index (χ1n) is 8.99. The number of nitrogens with zero attached hydrogens (tertiary/aromatic N) is 3. The van der Waals surface area contributed by atoms with E-state index in [1.807, 2.05) is 13.8 Å². The second kappa shape index (κ2) is 8.25. The molecule has 2 heterocycles. The highest BCUT2D eigenvalue weighted by Crippen LogP contribution is 2.24. The normalized spacial score (nSPS) is 29.3. The zero-order valence-electron chi connectivity index (χ0n) is 15.1. The standard InChI is InChI=1S/C16H33N3O3S/c1-5-17(6-2)13-16-7-9-18(10-8-16)23(20,21)19-11-14(3)22-15(4)12-19/h14-16H,5-13H2,1-4H3/t14-,15+. The zero-order valence-corrected chi connectivity index (χ0v) is 15.9. The van der Waals surface area contributed by atoms with E-state index in [1.54, 1.807) is 8.61 Å². The van der Waals surface area contributed by atoms with Gasteiger partial charge in [-0.15, -0.1) is 0 Å². The van der Waals surface area contributed by atoms with Gasteiger partial charge in [-0.05, 0) is 45.7 Å². The van der Waals surface area contributed by atoms with Crippen LogP contribution in [0.25, 0.3) is 0 Å². The van der Waals surface area contributed by atoms with E-state index < -0.39 is 10.2 Å². The molecule has 7 heteroatoms. The SMILES string of the molecule is CCN(CC)CC1CCN(S(=O)(=O)N2C[C@@H](C)O[C@@H](C)C2)CC1. The highest BCUT2D eigenvalue weighted by molar-refractivity contribution is 7.86. The molecular formula is C16H33N3O3S. The average molecular weight is 348 g/mol. The Hall–Kier alpha value is -0.210. The third kappa shape index (κ3) is 4.89. The van der Waals surface area contributed by atoms with Gasteiger partial charge < -0.3 is 9.64 Å². The van der Waals surface area contributed by atoms with Gasteiger partial charge in [-0.1, -0.05) is 13.8 Å². The minimum atomic E-state index is -3.34. The molecule has 2 aliphatic rings. The van der Waals surface area contributed by atoms with Crippen molar-refractivity contribution in [2.45, 2.75) is 52.7 Å². The smallest absolute Gasteiger partial charge is 0.282 e. The minimum Gasteiger partial charge on any atom is -0.373 e. The zero-order chi connectivity index (χ0) is 17.0. The summed E-state index contributed by atoms with van der Waals surface area (Å²) in [7, 11) is -3.34. The van der Waals surface area contributed by atoms with Gasteiger partial charge in [-0.25, -0.2) is 0 Å². The molecule has 0 aromatic heterocycles. The van der Waals surface area contributed by atoms with Crippen LogP contribution in [0.2, 0.25) is 0 Å². The lowest BCUT2D eigenvalue weighted by Gasteiger charge is -2.40. The molecule has 0 saturated carbocycles. The second-order valence-electron chi connectivity index (χ2n) is 6.91. The maximum absolute atomic E-state index is 12.9. The second-order valence-corrected chi connectivity index (χ2v) is 8.84. The molecule has 0 unspecified atom stereocenters. The summed E-state index contributed by atoms with van der Waals surface area (Å²) >= 11 is 0. The molecule has 6 nitrogen and oxygen atoms in total. The van der Waals surface area contributed by atoms with Gasteiger partial charge in [0.15, 0.2) is 0 Å². The van der Waals surface area contributed by atoms with Crippen LogP contribution >= 0.6 is 0 Å². The van der Waals surface area contributed by atoms with Crippen LogP contribution in [0, 0.1) is 5.92 Å². The van der Waals surface area contributed by atoms with Gasteiger partial charge in [-0.3, -0.25) is 0 Å². The summed E-state index contributed by atoms with van der Waals surface area (Å²) in [4.78, 5) is 2.43. The van der Waals surface area contributed by atoms with E-state index in [1.165, 1.54) is 0 Å². The van der Waals surface area contributed by atoms with Crippen LogP contribution in [0.1, 0.15) is 40.5 Å². The van der Waals surface area contributed by atoms with Crippen molar-refractivity contribution in [1.29, 1.82) is 0 Å². The Bertz CT molecular complexity index is 449. The Labute approximate surface area is 141 Å². The van der Waals surface area contributed by atoms with E-state index in [9.17, 15) is 8.42 Å². The Morgan fingerprint density at radius 3 is 2.00 bits per heavy atom. The molecule has 23 heavy (non-hydrogen) atoms. The van der Waals surface area contributed by atoms with Crippen LogP contribution in [0.3, 0.4) is 0 Å².